The van der Waals surface area contributed by atoms with E-state index in [4.69, 9.17) is 27.7 Å². The Morgan fingerprint density at radius 2 is 2.00 bits per heavy atom. The largest absolute Gasteiger partial charge is 0.360 e. The predicted octanol–water partition coefficient (Wildman–Crippen LogP) is 3.98. The molecule has 0 bridgehead atoms. The quantitative estimate of drug-likeness (QED) is 0.521. The van der Waals surface area contributed by atoms with E-state index < -0.39 is 5.91 Å². The average molecular weight is 436 g/mol. The third-order valence-corrected chi connectivity index (χ3v) is 5.31. The molecule has 3 aromatic heterocycles. The molecule has 1 aromatic carbocycles. The molecule has 3 heterocycles. The number of fused-ring (bicyclic) bond motifs is 1. The fraction of sp³-hybridized carbons (Fsp3) is 0.118. The van der Waals surface area contributed by atoms with Gasteiger partial charge in [-0.05, 0) is 43.6 Å². The molecule has 0 aliphatic rings. The maximum Gasteiger partial charge on any atom is 0.268 e. The number of carbonyl (C=O) groups is 1. The predicted molar refractivity (Wildman–Crippen MR) is 107 cm³/mol. The molecule has 0 atom stereocenters. The first-order valence-electron chi connectivity index (χ1n) is 7.94. The van der Waals surface area contributed by atoms with Gasteiger partial charge in [-0.2, -0.15) is 8.77 Å². The van der Waals surface area contributed by atoms with Gasteiger partial charge in [0.05, 0.1) is 5.02 Å². The Kier molecular flexibility index (Phi) is 4.66. The molecule has 8 nitrogen and oxygen atoms in total. The van der Waals surface area contributed by atoms with Gasteiger partial charge in [-0.25, -0.2) is 4.98 Å². The number of amides is 1. The minimum absolute atomic E-state index is 0.208. The van der Waals surface area contributed by atoms with E-state index in [1.807, 2.05) is 0 Å². The Morgan fingerprint density at radius 3 is 2.75 bits per heavy atom. The molecule has 0 aliphatic heterocycles. The summed E-state index contributed by atoms with van der Waals surface area (Å²) in [5.74, 6) is 0.0302. The van der Waals surface area contributed by atoms with Crippen molar-refractivity contribution in [3.8, 4) is 11.3 Å². The van der Waals surface area contributed by atoms with Crippen molar-refractivity contribution in [1.82, 2.24) is 18.9 Å². The van der Waals surface area contributed by atoms with E-state index in [1.54, 1.807) is 32.0 Å². The van der Waals surface area contributed by atoms with Crippen LogP contribution < -0.4 is 10.9 Å². The smallest absolute Gasteiger partial charge is 0.268 e. The molecule has 1 N–H and O–H groups in total. The Bertz CT molecular complexity index is 1290. The summed E-state index contributed by atoms with van der Waals surface area (Å²) in [6.07, 6.45) is 0. The van der Waals surface area contributed by atoms with Crippen LogP contribution in [0.2, 0.25) is 10.0 Å². The maximum absolute atomic E-state index is 12.9. The number of rotatable bonds is 3. The lowest BCUT2D eigenvalue weighted by atomic mass is 10.1. The van der Waals surface area contributed by atoms with Crippen molar-refractivity contribution >= 4 is 51.6 Å². The molecule has 142 valence electrons. The molecule has 11 heteroatoms. The summed E-state index contributed by atoms with van der Waals surface area (Å²) in [6, 6.07) is 6.24. The summed E-state index contributed by atoms with van der Waals surface area (Å²) in [7, 11) is 0. The second-order valence-corrected chi connectivity index (χ2v) is 7.66. The Balaban J connectivity index is 1.72. The Labute approximate surface area is 171 Å². The van der Waals surface area contributed by atoms with E-state index in [0.717, 1.165) is 11.5 Å². The minimum Gasteiger partial charge on any atom is -0.360 e. The van der Waals surface area contributed by atoms with Crippen molar-refractivity contribution in [2.24, 2.45) is 0 Å². The van der Waals surface area contributed by atoms with Crippen molar-refractivity contribution in [1.29, 1.82) is 0 Å². The van der Waals surface area contributed by atoms with Crippen LogP contribution in [0.15, 0.2) is 33.6 Å². The van der Waals surface area contributed by atoms with Gasteiger partial charge in [0, 0.05) is 22.3 Å². The molecular weight excluding hydrogens is 425 g/mol. The summed E-state index contributed by atoms with van der Waals surface area (Å²) in [6.45, 7) is 3.31. The van der Waals surface area contributed by atoms with Gasteiger partial charge in [-0.15, -0.1) is 0 Å². The van der Waals surface area contributed by atoms with Crippen LogP contribution in [-0.4, -0.2) is 24.8 Å². The SMILES string of the molecule is Cc1cc(=O)n2sc(NC(=O)c3c(-c4ccc(Cl)cc4Cl)noc3C)nc2n1. The maximum atomic E-state index is 12.9. The Hall–Kier alpha value is -2.75. The molecule has 0 saturated carbocycles. The lowest BCUT2D eigenvalue weighted by molar-refractivity contribution is 0.102. The number of anilines is 1. The number of hydrogen-bond donors (Lipinski definition) is 1. The molecule has 0 unspecified atom stereocenters. The first-order chi connectivity index (χ1) is 13.3. The lowest BCUT2D eigenvalue weighted by Crippen LogP contribution is -2.13. The second kappa shape index (κ2) is 7.01. The van der Waals surface area contributed by atoms with Gasteiger partial charge in [0.2, 0.25) is 10.9 Å². The summed E-state index contributed by atoms with van der Waals surface area (Å²) in [4.78, 5) is 33.3. The lowest BCUT2D eigenvalue weighted by Gasteiger charge is -2.05. The van der Waals surface area contributed by atoms with Gasteiger partial charge in [-0.3, -0.25) is 14.9 Å². The van der Waals surface area contributed by atoms with Gasteiger partial charge in [-0.1, -0.05) is 28.4 Å². The Morgan fingerprint density at radius 1 is 1.21 bits per heavy atom. The fourth-order valence-corrected chi connectivity index (χ4v) is 3.88. The highest BCUT2D eigenvalue weighted by atomic mass is 35.5. The number of halogens is 2. The van der Waals surface area contributed by atoms with E-state index in [9.17, 15) is 9.59 Å². The first kappa shape index (κ1) is 18.6. The van der Waals surface area contributed by atoms with Crippen molar-refractivity contribution < 1.29 is 9.32 Å². The molecule has 4 rings (SSSR count). The number of aromatic nitrogens is 4. The van der Waals surface area contributed by atoms with Crippen LogP contribution in [0.1, 0.15) is 21.8 Å². The van der Waals surface area contributed by atoms with E-state index in [1.165, 1.54) is 9.86 Å². The third kappa shape index (κ3) is 3.28. The highest BCUT2D eigenvalue weighted by molar-refractivity contribution is 7.10. The van der Waals surface area contributed by atoms with Crippen molar-refractivity contribution in [3.63, 3.8) is 0 Å². The van der Waals surface area contributed by atoms with Gasteiger partial charge in [0.25, 0.3) is 11.5 Å². The van der Waals surface area contributed by atoms with E-state index in [0.29, 0.717) is 27.1 Å². The molecule has 4 aromatic rings. The van der Waals surface area contributed by atoms with Gasteiger partial charge < -0.3 is 4.52 Å². The standard InChI is InChI=1S/C17H11Cl2N5O3S/c1-7-5-12(25)24-16(20-7)22-17(28-24)21-15(26)13-8(2)27-23-14(13)10-4-3-9(18)6-11(10)19/h3-6H,1-2H3,(H,20,21,22,26). The minimum atomic E-state index is -0.497. The monoisotopic (exact) mass is 435 g/mol. The van der Waals surface area contributed by atoms with Crippen LogP contribution in [0, 0.1) is 13.8 Å². The molecule has 28 heavy (non-hydrogen) atoms. The molecule has 0 aliphatic carbocycles. The normalized spacial score (nSPS) is 11.1. The van der Waals surface area contributed by atoms with Crippen molar-refractivity contribution in [2.75, 3.05) is 5.32 Å². The molecule has 0 spiro atoms. The van der Waals surface area contributed by atoms with Gasteiger partial charge >= 0.3 is 0 Å². The summed E-state index contributed by atoms with van der Waals surface area (Å²) < 4.78 is 6.49. The molecule has 1 amide bonds. The highest BCUT2D eigenvalue weighted by Gasteiger charge is 2.24. The highest BCUT2D eigenvalue weighted by Crippen LogP contribution is 2.33. The number of aryl methyl sites for hydroxylation is 2. The van der Waals surface area contributed by atoms with Crippen LogP contribution in [-0.2, 0) is 0 Å². The summed E-state index contributed by atoms with van der Waals surface area (Å²) >= 11 is 13.1. The number of benzene rings is 1. The summed E-state index contributed by atoms with van der Waals surface area (Å²) in [5.41, 5.74) is 1.27. The van der Waals surface area contributed by atoms with E-state index >= 15 is 0 Å². The summed E-state index contributed by atoms with van der Waals surface area (Å²) in [5, 5.41) is 7.63. The molecule has 0 fully saturated rings. The van der Waals surface area contributed by atoms with Crippen LogP contribution in [0.3, 0.4) is 0 Å². The number of hydrogen-bond acceptors (Lipinski definition) is 7. The fourth-order valence-electron chi connectivity index (χ4n) is 2.64. The van der Waals surface area contributed by atoms with Crippen LogP contribution in [0.4, 0.5) is 5.13 Å². The van der Waals surface area contributed by atoms with E-state index in [2.05, 4.69) is 20.4 Å². The van der Waals surface area contributed by atoms with Crippen LogP contribution in [0.5, 0.6) is 0 Å². The first-order valence-corrected chi connectivity index (χ1v) is 9.47. The number of nitrogens with one attached hydrogen (secondary N) is 1. The number of nitrogens with zero attached hydrogens (tertiary/aromatic N) is 4. The third-order valence-electron chi connectivity index (χ3n) is 3.87. The molecular formula is C17H11Cl2N5O3S. The average Bonchev–Trinajstić information content (AvgIpc) is 3.18. The van der Waals surface area contributed by atoms with Crippen molar-refractivity contribution in [2.45, 2.75) is 13.8 Å². The topological polar surface area (TPSA) is 102 Å². The molecule has 0 radical (unpaired) electrons. The van der Waals surface area contributed by atoms with Gasteiger partial charge in [0.15, 0.2) is 0 Å². The van der Waals surface area contributed by atoms with Crippen molar-refractivity contribution in [3.05, 3.63) is 61.7 Å². The zero-order chi connectivity index (χ0) is 20.0. The van der Waals surface area contributed by atoms with Crippen LogP contribution in [0.25, 0.3) is 17.0 Å². The zero-order valence-corrected chi connectivity index (χ0v) is 16.8. The molecule has 0 saturated heterocycles. The number of carbonyl (C=O) groups excluding carboxylic acids is 1. The zero-order valence-electron chi connectivity index (χ0n) is 14.5. The second-order valence-electron chi connectivity index (χ2n) is 5.88. The van der Waals surface area contributed by atoms with Crippen LogP contribution >= 0.6 is 34.7 Å². The van der Waals surface area contributed by atoms with Gasteiger partial charge in [0.1, 0.15) is 17.0 Å². The van der Waals surface area contributed by atoms with E-state index in [-0.39, 0.29) is 27.7 Å².